The lowest BCUT2D eigenvalue weighted by Crippen LogP contribution is -2.51. The van der Waals surface area contributed by atoms with Crippen molar-refractivity contribution in [2.45, 2.75) is 0 Å². The van der Waals surface area contributed by atoms with E-state index in [1.807, 2.05) is 0 Å². The molecule has 2 rings (SSSR count). The van der Waals surface area contributed by atoms with Crippen LogP contribution >= 0.6 is 0 Å². The molecule has 0 spiro atoms. The summed E-state index contributed by atoms with van der Waals surface area (Å²) >= 11 is 0. The Hall–Kier alpha value is -6.43. The Balaban J connectivity index is -0.000000562. The number of ether oxygens (including phenoxy) is 2. The van der Waals surface area contributed by atoms with Gasteiger partial charge in [-0.1, -0.05) is 0 Å². The van der Waals surface area contributed by atoms with E-state index < -0.39 is 58.8 Å². The summed E-state index contributed by atoms with van der Waals surface area (Å²) in [7, 11) is 19.3. The number of nitrogens with one attached hydrogen (secondary N) is 4. The molecule has 0 bridgehead atoms. The minimum atomic E-state index is -0.710. The lowest BCUT2D eigenvalue weighted by atomic mass is 10.7. The summed E-state index contributed by atoms with van der Waals surface area (Å²) in [6.45, 7) is 0. The summed E-state index contributed by atoms with van der Waals surface area (Å²) in [6.07, 6.45) is -1.09. The number of hydrogen-bond acceptors (Lipinski definition) is 14. The fourth-order valence-corrected chi connectivity index (χ4v) is 2.63. The molecule has 8 amide bonds. The van der Waals surface area contributed by atoms with E-state index in [4.69, 9.17) is 0 Å². The number of carbonyl (C=O) groups excluding carboxylic acids is 5. The van der Waals surface area contributed by atoms with E-state index in [1.54, 1.807) is 0 Å². The molecule has 0 aliphatic carbocycles. The molecule has 284 valence electrons. The number of nitrogens with zero attached hydrogens (tertiary/aromatic N) is 8. The third kappa shape index (κ3) is 15.0. The summed E-state index contributed by atoms with van der Waals surface area (Å²) < 4.78 is 17.7. The number of rotatable bonds is 0. The Morgan fingerprint density at radius 1 is 0.580 bits per heavy atom. The topological polar surface area (TPSA) is 294 Å². The number of imide groups is 2. The minimum absolute atomic E-state index is 0.0168. The molecule has 25 heteroatoms. The first kappa shape index (κ1) is 48.0. The van der Waals surface area contributed by atoms with Crippen LogP contribution in [-0.4, -0.2) is 126 Å². The Bertz CT molecular complexity index is 1660. The van der Waals surface area contributed by atoms with Crippen molar-refractivity contribution in [3.8, 4) is 0 Å². The number of urea groups is 3. The van der Waals surface area contributed by atoms with Gasteiger partial charge in [0.25, 0.3) is 0 Å². The van der Waals surface area contributed by atoms with Crippen LogP contribution in [-0.2, 0) is 44.7 Å². The Morgan fingerprint density at radius 3 is 1.18 bits per heavy atom. The minimum Gasteiger partial charge on any atom is -0.453 e. The van der Waals surface area contributed by atoms with Crippen LogP contribution in [0.4, 0.5) is 24.0 Å². The van der Waals surface area contributed by atoms with Crippen molar-refractivity contribution in [2.75, 3.05) is 63.6 Å². The summed E-state index contributed by atoms with van der Waals surface area (Å²) in [6, 6.07) is -1.36. The SMILES string of the molecule is CN=c1oc(=O)n(C)c(=O)n1C.CNC(=O)N(C)C(=O)NC.CNC(=O)N(C)C(=O)OC.CNC(=O)OC.Cn1c(=O)n(C)c(=O)n(C)c1=O. The highest BCUT2D eigenvalue weighted by Crippen LogP contribution is 1.87. The van der Waals surface area contributed by atoms with Crippen LogP contribution in [0.1, 0.15) is 0 Å². The zero-order chi connectivity index (χ0) is 40.0. The van der Waals surface area contributed by atoms with E-state index in [9.17, 15) is 47.9 Å². The molecule has 0 saturated heterocycles. The molecule has 0 radical (unpaired) electrons. The van der Waals surface area contributed by atoms with Gasteiger partial charge >= 0.3 is 64.5 Å². The van der Waals surface area contributed by atoms with Crippen molar-refractivity contribution in [2.24, 2.45) is 40.2 Å². The molecule has 2 aromatic rings. The monoisotopic (exact) mass is 722 g/mol. The van der Waals surface area contributed by atoms with Crippen LogP contribution in [0.25, 0.3) is 0 Å². The molecule has 0 saturated carbocycles. The maximum Gasteiger partial charge on any atom is 0.425 e. The fraction of sp³-hybridized carbons (Fsp3) is 0.560. The van der Waals surface area contributed by atoms with Crippen molar-refractivity contribution >= 4 is 30.3 Å². The standard InChI is InChI=1S/2C6H9N3O3.C5H11N3O2.C5H10N2O3.C3H7NO2/c1-7-4-8(2)5(10)9(3)6(11)12-4;1-7-4(10)8(2)6(12)9(3)5(7)11;1-6-4(9)8(3)5(10)7-2;1-6-4(8)7(2)5(9)10-3;1-4-3(5)6-2/h2*1-3H3;1-3H3,(H,6,9)(H,7,10);1-3H3,(H,6,8);1-2H3,(H,4,5). The molecule has 0 aliphatic rings. The molecule has 0 atom stereocenters. The Kier molecular flexibility index (Phi) is 22.9. The predicted molar refractivity (Wildman–Crippen MR) is 176 cm³/mol. The number of carbonyl (C=O) groups is 5. The smallest absolute Gasteiger partial charge is 0.425 e. The molecule has 0 aromatic carbocycles. The second kappa shape index (κ2) is 23.8. The predicted octanol–water partition coefficient (Wildman–Crippen LogP) is -4.42. The first-order valence-electron chi connectivity index (χ1n) is 13.6. The van der Waals surface area contributed by atoms with Gasteiger partial charge in [0.2, 0.25) is 0 Å². The maximum absolute atomic E-state index is 11.2. The largest absolute Gasteiger partial charge is 0.453 e. The van der Waals surface area contributed by atoms with Gasteiger partial charge < -0.3 is 35.2 Å². The number of alkyl carbamates (subject to hydrolysis) is 1. The number of aromatic nitrogens is 5. The van der Waals surface area contributed by atoms with Gasteiger partial charge in [-0.2, -0.15) is 0 Å². The summed E-state index contributed by atoms with van der Waals surface area (Å²) in [5, 5.41) is 9.13. The van der Waals surface area contributed by atoms with Gasteiger partial charge in [-0.05, 0) is 0 Å². The molecule has 0 fully saturated rings. The molecular weight excluding hydrogens is 676 g/mol. The average molecular weight is 723 g/mol. The van der Waals surface area contributed by atoms with E-state index in [-0.39, 0.29) is 5.68 Å². The van der Waals surface area contributed by atoms with Crippen molar-refractivity contribution in [1.29, 1.82) is 0 Å². The molecule has 0 aliphatic heterocycles. The maximum atomic E-state index is 11.2. The van der Waals surface area contributed by atoms with Crippen LogP contribution in [0.15, 0.2) is 33.4 Å². The lowest BCUT2D eigenvalue weighted by molar-refractivity contribution is 0.137. The normalized spacial score (nSPS) is 9.52. The first-order valence-corrected chi connectivity index (χ1v) is 13.6. The molecule has 50 heavy (non-hydrogen) atoms. The second-order valence-electron chi connectivity index (χ2n) is 8.79. The number of hydrogen-bond donors (Lipinski definition) is 4. The van der Waals surface area contributed by atoms with Gasteiger partial charge in [0.15, 0.2) is 0 Å². The molecule has 2 heterocycles. The van der Waals surface area contributed by atoms with Crippen LogP contribution in [0.3, 0.4) is 0 Å². The fourth-order valence-electron chi connectivity index (χ4n) is 2.63. The molecule has 0 unspecified atom stereocenters. The van der Waals surface area contributed by atoms with Crippen molar-refractivity contribution in [3.63, 3.8) is 0 Å². The van der Waals surface area contributed by atoms with Crippen molar-refractivity contribution in [1.82, 2.24) is 53.9 Å². The van der Waals surface area contributed by atoms with Crippen LogP contribution in [0.5, 0.6) is 0 Å². The average Bonchev–Trinajstić information content (AvgIpc) is 3.14. The van der Waals surface area contributed by atoms with Gasteiger partial charge in [-0.3, -0.25) is 4.57 Å². The quantitative estimate of drug-likeness (QED) is 0.200. The summed E-state index contributed by atoms with van der Waals surface area (Å²) in [5.41, 5.74) is -2.26. The van der Waals surface area contributed by atoms with E-state index >= 15 is 0 Å². The Morgan fingerprint density at radius 2 is 0.920 bits per heavy atom. The molecule has 2 aromatic heterocycles. The summed E-state index contributed by atoms with van der Waals surface area (Å²) in [4.78, 5) is 113. The highest BCUT2D eigenvalue weighted by molar-refractivity contribution is 5.92. The van der Waals surface area contributed by atoms with Gasteiger partial charge in [-0.25, -0.2) is 81.0 Å². The highest BCUT2D eigenvalue weighted by atomic mass is 16.5. The molecular formula is C25H46N12O13. The van der Waals surface area contributed by atoms with Gasteiger partial charge in [0, 0.05) is 84.6 Å². The highest BCUT2D eigenvalue weighted by Gasteiger charge is 2.14. The van der Waals surface area contributed by atoms with Crippen LogP contribution < -0.4 is 55.5 Å². The van der Waals surface area contributed by atoms with E-state index in [0.717, 1.165) is 32.6 Å². The van der Waals surface area contributed by atoms with Gasteiger partial charge in [0.05, 0.1) is 14.2 Å². The molecule has 4 N–H and O–H groups in total. The zero-order valence-corrected chi connectivity index (χ0v) is 30.4. The lowest BCUT2D eigenvalue weighted by Gasteiger charge is -2.12. The zero-order valence-electron chi connectivity index (χ0n) is 30.4. The van der Waals surface area contributed by atoms with Gasteiger partial charge in [0.1, 0.15) is 0 Å². The number of methoxy groups -OCH3 is 2. The third-order valence-electron chi connectivity index (χ3n) is 5.62. The van der Waals surface area contributed by atoms with E-state index in [1.165, 1.54) is 98.8 Å². The van der Waals surface area contributed by atoms with Crippen LogP contribution in [0.2, 0.25) is 0 Å². The third-order valence-corrected chi connectivity index (χ3v) is 5.62. The van der Waals surface area contributed by atoms with Crippen molar-refractivity contribution < 1.29 is 37.9 Å². The van der Waals surface area contributed by atoms with Gasteiger partial charge in [-0.15, -0.1) is 0 Å². The van der Waals surface area contributed by atoms with Crippen LogP contribution in [0, 0.1) is 0 Å². The Labute approximate surface area is 284 Å². The first-order chi connectivity index (χ1) is 23.1. The molecule has 25 nitrogen and oxygen atoms in total. The van der Waals surface area contributed by atoms with Crippen molar-refractivity contribution in [3.05, 3.63) is 58.2 Å². The summed E-state index contributed by atoms with van der Waals surface area (Å²) in [5.74, 6) is -0.710. The van der Waals surface area contributed by atoms with E-state index in [2.05, 4.69) is 40.2 Å². The second-order valence-corrected chi connectivity index (χ2v) is 8.79. The van der Waals surface area contributed by atoms with E-state index in [0.29, 0.717) is 0 Å². The number of amides is 8.